The number of rotatable bonds is 3. The Balaban J connectivity index is 0.00000208. The van der Waals surface area contributed by atoms with E-state index in [-0.39, 0.29) is 35.5 Å². The van der Waals surface area contributed by atoms with E-state index < -0.39 is 0 Å². The summed E-state index contributed by atoms with van der Waals surface area (Å²) in [5.74, 6) is -0.883. The van der Waals surface area contributed by atoms with Crippen LogP contribution in [0.25, 0.3) is 0 Å². The molecule has 0 radical (unpaired) electrons. The Hall–Kier alpha value is -1.92. The zero-order valence-electron chi connectivity index (χ0n) is 13.8. The molecular formula is C17H22ClN3O3. The van der Waals surface area contributed by atoms with E-state index in [1.165, 1.54) is 13.1 Å². The monoisotopic (exact) mass is 351 g/mol. The highest BCUT2D eigenvalue weighted by Gasteiger charge is 2.33. The molecule has 7 heteroatoms. The summed E-state index contributed by atoms with van der Waals surface area (Å²) in [6.07, 6.45) is 2.05. The molecule has 1 aromatic carbocycles. The lowest BCUT2D eigenvalue weighted by Crippen LogP contribution is -2.42. The van der Waals surface area contributed by atoms with Gasteiger partial charge in [0.15, 0.2) is 0 Å². The summed E-state index contributed by atoms with van der Waals surface area (Å²) >= 11 is 0. The summed E-state index contributed by atoms with van der Waals surface area (Å²) in [5, 5.41) is 6.27. The van der Waals surface area contributed by atoms with Crippen LogP contribution in [-0.2, 0) is 0 Å². The molecule has 3 amide bonds. The minimum Gasteiger partial charge on any atom is -0.351 e. The van der Waals surface area contributed by atoms with Gasteiger partial charge in [0.05, 0.1) is 11.1 Å². The lowest BCUT2D eigenvalue weighted by Gasteiger charge is -2.34. The van der Waals surface area contributed by atoms with Crippen molar-refractivity contribution in [1.29, 1.82) is 0 Å². The van der Waals surface area contributed by atoms with Crippen LogP contribution in [0.5, 0.6) is 0 Å². The first-order chi connectivity index (χ1) is 10.9. The van der Waals surface area contributed by atoms with E-state index in [0.29, 0.717) is 23.2 Å². The average Bonchev–Trinajstić information content (AvgIpc) is 2.78. The number of halogens is 1. The normalized spacial score (nSPS) is 18.8. The molecule has 6 nitrogen and oxygen atoms in total. The summed E-state index contributed by atoms with van der Waals surface area (Å²) in [6, 6.07) is 4.67. The third-order valence-corrected chi connectivity index (χ3v) is 4.84. The molecule has 2 aliphatic rings. The fourth-order valence-corrected chi connectivity index (χ4v) is 3.11. The molecule has 2 heterocycles. The highest BCUT2D eigenvalue weighted by atomic mass is 35.5. The van der Waals surface area contributed by atoms with Crippen molar-refractivity contribution in [1.82, 2.24) is 15.5 Å². The van der Waals surface area contributed by atoms with Gasteiger partial charge in [-0.1, -0.05) is 6.92 Å². The number of imide groups is 1. The van der Waals surface area contributed by atoms with Gasteiger partial charge >= 0.3 is 0 Å². The lowest BCUT2D eigenvalue weighted by atomic mass is 9.81. The van der Waals surface area contributed by atoms with E-state index in [9.17, 15) is 14.4 Å². The quantitative estimate of drug-likeness (QED) is 0.808. The Bertz CT molecular complexity index is 684. The minimum absolute atomic E-state index is 0. The van der Waals surface area contributed by atoms with Crippen molar-refractivity contribution in [3.63, 3.8) is 0 Å². The first-order valence-corrected chi connectivity index (χ1v) is 7.87. The van der Waals surface area contributed by atoms with E-state index in [1.807, 2.05) is 0 Å². The number of fused-ring (bicyclic) bond motifs is 1. The van der Waals surface area contributed by atoms with E-state index in [4.69, 9.17) is 0 Å². The molecule has 0 unspecified atom stereocenters. The predicted octanol–water partition coefficient (Wildman–Crippen LogP) is 1.45. The maximum atomic E-state index is 12.4. The zero-order chi connectivity index (χ0) is 16.6. The molecule has 1 fully saturated rings. The van der Waals surface area contributed by atoms with Crippen LogP contribution in [0.3, 0.4) is 0 Å². The Morgan fingerprint density at radius 1 is 1.21 bits per heavy atom. The first-order valence-electron chi connectivity index (χ1n) is 7.87. The van der Waals surface area contributed by atoms with E-state index in [2.05, 4.69) is 17.6 Å². The molecule has 2 aliphatic heterocycles. The molecule has 24 heavy (non-hydrogen) atoms. The van der Waals surface area contributed by atoms with Gasteiger partial charge in [-0.25, -0.2) is 0 Å². The van der Waals surface area contributed by atoms with Crippen molar-refractivity contribution in [2.75, 3.05) is 26.7 Å². The number of piperidine rings is 1. The molecule has 2 N–H and O–H groups in total. The molecule has 0 atom stereocenters. The van der Waals surface area contributed by atoms with Crippen LogP contribution in [0.2, 0.25) is 0 Å². The summed E-state index contributed by atoms with van der Waals surface area (Å²) < 4.78 is 0. The number of nitrogens with one attached hydrogen (secondary N) is 2. The van der Waals surface area contributed by atoms with Gasteiger partial charge in [0.2, 0.25) is 0 Å². The summed E-state index contributed by atoms with van der Waals surface area (Å²) in [4.78, 5) is 37.3. The van der Waals surface area contributed by atoms with E-state index in [0.717, 1.165) is 30.8 Å². The summed E-state index contributed by atoms with van der Waals surface area (Å²) in [6.45, 7) is 4.72. The van der Waals surface area contributed by atoms with Gasteiger partial charge in [0, 0.05) is 19.2 Å². The Labute approximate surface area is 147 Å². The fourth-order valence-electron chi connectivity index (χ4n) is 3.11. The average molecular weight is 352 g/mol. The van der Waals surface area contributed by atoms with Crippen molar-refractivity contribution in [2.24, 2.45) is 5.41 Å². The maximum absolute atomic E-state index is 12.4. The molecule has 3 rings (SSSR count). The molecule has 0 bridgehead atoms. The maximum Gasteiger partial charge on any atom is 0.261 e. The van der Waals surface area contributed by atoms with Gasteiger partial charge < -0.3 is 10.6 Å². The van der Waals surface area contributed by atoms with Crippen molar-refractivity contribution >= 4 is 30.1 Å². The topological polar surface area (TPSA) is 78.5 Å². The number of amides is 3. The highest BCUT2D eigenvalue weighted by Crippen LogP contribution is 2.27. The largest absolute Gasteiger partial charge is 0.351 e. The number of hydrogen-bond acceptors (Lipinski definition) is 4. The standard InChI is InChI=1S/C17H21N3O3.ClH/c1-17(5-7-18-8-6-17)10-19-14(21)11-3-4-12-13(9-11)16(23)20(2)15(12)22;/h3-4,9,18H,5-8,10H2,1-2H3,(H,19,21);1H. The predicted molar refractivity (Wildman–Crippen MR) is 92.7 cm³/mol. The summed E-state index contributed by atoms with van der Waals surface area (Å²) in [7, 11) is 1.45. The van der Waals surface area contributed by atoms with Crippen LogP contribution >= 0.6 is 12.4 Å². The highest BCUT2D eigenvalue weighted by molar-refractivity contribution is 6.21. The number of nitrogens with zero attached hydrogens (tertiary/aromatic N) is 1. The molecule has 0 aromatic heterocycles. The van der Waals surface area contributed by atoms with Crippen molar-refractivity contribution < 1.29 is 14.4 Å². The van der Waals surface area contributed by atoms with Gasteiger partial charge in [-0.3, -0.25) is 19.3 Å². The number of carbonyl (C=O) groups excluding carboxylic acids is 3. The van der Waals surface area contributed by atoms with Gasteiger partial charge in [-0.05, 0) is 49.5 Å². The number of hydrogen-bond donors (Lipinski definition) is 2. The van der Waals surface area contributed by atoms with Crippen LogP contribution in [-0.4, -0.2) is 49.3 Å². The van der Waals surface area contributed by atoms with Crippen molar-refractivity contribution in [3.05, 3.63) is 34.9 Å². The van der Waals surface area contributed by atoms with Gasteiger partial charge in [-0.2, -0.15) is 0 Å². The third kappa shape index (κ3) is 3.30. The van der Waals surface area contributed by atoms with Crippen molar-refractivity contribution in [3.8, 4) is 0 Å². The molecule has 1 aromatic rings. The SMILES string of the molecule is CN1C(=O)c2ccc(C(=O)NCC3(C)CCNCC3)cc2C1=O.Cl. The van der Waals surface area contributed by atoms with Crippen LogP contribution in [0, 0.1) is 5.41 Å². The van der Waals surface area contributed by atoms with Crippen molar-refractivity contribution in [2.45, 2.75) is 19.8 Å². The molecule has 0 aliphatic carbocycles. The Kier molecular flexibility index (Phi) is 5.30. The number of benzene rings is 1. The second-order valence-electron chi connectivity index (χ2n) is 6.67. The zero-order valence-corrected chi connectivity index (χ0v) is 14.7. The van der Waals surface area contributed by atoms with Gasteiger partial charge in [0.25, 0.3) is 17.7 Å². The second kappa shape index (κ2) is 6.91. The summed E-state index contributed by atoms with van der Waals surface area (Å²) in [5.41, 5.74) is 1.18. The van der Waals surface area contributed by atoms with Gasteiger partial charge in [-0.15, -0.1) is 12.4 Å². The van der Waals surface area contributed by atoms with Crippen LogP contribution in [0.1, 0.15) is 50.8 Å². The smallest absolute Gasteiger partial charge is 0.261 e. The van der Waals surface area contributed by atoms with Crippen LogP contribution in [0.15, 0.2) is 18.2 Å². The molecule has 1 saturated heterocycles. The lowest BCUT2D eigenvalue weighted by molar-refractivity contribution is 0.0693. The molecular weight excluding hydrogens is 330 g/mol. The Morgan fingerprint density at radius 2 is 1.83 bits per heavy atom. The van der Waals surface area contributed by atoms with E-state index in [1.54, 1.807) is 12.1 Å². The first kappa shape index (κ1) is 18.4. The third-order valence-electron chi connectivity index (χ3n) is 4.84. The molecule has 0 saturated carbocycles. The fraction of sp³-hybridized carbons (Fsp3) is 0.471. The Morgan fingerprint density at radius 3 is 2.50 bits per heavy atom. The number of carbonyl (C=O) groups is 3. The minimum atomic E-state index is -0.357. The van der Waals surface area contributed by atoms with E-state index >= 15 is 0 Å². The van der Waals surface area contributed by atoms with Gasteiger partial charge in [0.1, 0.15) is 0 Å². The van der Waals surface area contributed by atoms with Crippen LogP contribution in [0.4, 0.5) is 0 Å². The molecule has 130 valence electrons. The second-order valence-corrected chi connectivity index (χ2v) is 6.67. The molecule has 0 spiro atoms. The van der Waals surface area contributed by atoms with Crippen LogP contribution < -0.4 is 10.6 Å².